The van der Waals surface area contributed by atoms with E-state index >= 15 is 0 Å². The highest BCUT2D eigenvalue weighted by atomic mass is 79.9. The number of benzene rings is 1. The largest absolute Gasteiger partial charge is 0.350 e. The number of amides is 1. The Morgan fingerprint density at radius 2 is 2.07 bits per heavy atom. The summed E-state index contributed by atoms with van der Waals surface area (Å²) >= 11 is 3.18. The van der Waals surface area contributed by atoms with E-state index in [4.69, 9.17) is 0 Å². The second kappa shape index (κ2) is 4.75. The van der Waals surface area contributed by atoms with Crippen molar-refractivity contribution in [1.82, 2.24) is 5.32 Å². The van der Waals surface area contributed by atoms with Crippen molar-refractivity contribution in [3.63, 3.8) is 0 Å². The van der Waals surface area contributed by atoms with Gasteiger partial charge in [0, 0.05) is 10.5 Å². The third-order valence-electron chi connectivity index (χ3n) is 1.90. The highest BCUT2D eigenvalue weighted by molar-refractivity contribution is 9.10. The summed E-state index contributed by atoms with van der Waals surface area (Å²) in [5, 5.41) is 2.67. The van der Waals surface area contributed by atoms with E-state index in [9.17, 15) is 9.18 Å². The molecule has 0 aliphatic heterocycles. The lowest BCUT2D eigenvalue weighted by atomic mass is 10.1. The zero-order valence-electron chi connectivity index (χ0n) is 8.90. The maximum atomic E-state index is 13.5. The van der Waals surface area contributed by atoms with E-state index in [2.05, 4.69) is 21.2 Å². The minimum atomic E-state index is -0.500. The van der Waals surface area contributed by atoms with Gasteiger partial charge >= 0.3 is 0 Å². The van der Waals surface area contributed by atoms with Gasteiger partial charge in [0.2, 0.25) is 0 Å². The van der Waals surface area contributed by atoms with E-state index in [1.807, 2.05) is 13.8 Å². The molecule has 0 saturated carbocycles. The van der Waals surface area contributed by atoms with Crippen LogP contribution in [0.4, 0.5) is 4.39 Å². The maximum Gasteiger partial charge on any atom is 0.254 e. The van der Waals surface area contributed by atoms with Crippen LogP contribution >= 0.6 is 15.9 Å². The second-order valence-corrected chi connectivity index (χ2v) is 4.62. The summed E-state index contributed by atoms with van der Waals surface area (Å²) in [5.41, 5.74) is 0.743. The monoisotopic (exact) mass is 273 g/mol. The molecule has 0 heterocycles. The van der Waals surface area contributed by atoms with Crippen LogP contribution in [0.3, 0.4) is 0 Å². The smallest absolute Gasteiger partial charge is 0.254 e. The molecule has 0 unspecified atom stereocenters. The van der Waals surface area contributed by atoms with Gasteiger partial charge in [0.05, 0.1) is 5.56 Å². The molecule has 0 fully saturated rings. The molecule has 82 valence electrons. The molecule has 1 N–H and O–H groups in total. The van der Waals surface area contributed by atoms with E-state index < -0.39 is 5.82 Å². The molecule has 1 rings (SSSR count). The van der Waals surface area contributed by atoms with Crippen molar-refractivity contribution < 1.29 is 9.18 Å². The Balaban J connectivity index is 3.09. The highest BCUT2D eigenvalue weighted by Gasteiger charge is 2.15. The van der Waals surface area contributed by atoms with Crippen LogP contribution in [0.5, 0.6) is 0 Å². The van der Waals surface area contributed by atoms with Gasteiger partial charge in [-0.15, -0.1) is 0 Å². The fourth-order valence-corrected chi connectivity index (χ4v) is 1.87. The van der Waals surface area contributed by atoms with Gasteiger partial charge in [0.25, 0.3) is 5.91 Å². The van der Waals surface area contributed by atoms with Gasteiger partial charge < -0.3 is 5.32 Å². The molecule has 0 radical (unpaired) electrons. The van der Waals surface area contributed by atoms with Gasteiger partial charge in [-0.25, -0.2) is 4.39 Å². The topological polar surface area (TPSA) is 29.1 Å². The first-order chi connectivity index (χ1) is 6.91. The lowest BCUT2D eigenvalue weighted by molar-refractivity contribution is 0.0938. The third-order valence-corrected chi connectivity index (χ3v) is 2.36. The first-order valence-corrected chi connectivity index (χ1v) is 5.47. The van der Waals surface area contributed by atoms with Crippen molar-refractivity contribution in [1.29, 1.82) is 0 Å². The lowest BCUT2D eigenvalue weighted by Gasteiger charge is -2.11. The van der Waals surface area contributed by atoms with Crippen LogP contribution in [0.1, 0.15) is 29.8 Å². The molecular weight excluding hydrogens is 261 g/mol. The van der Waals surface area contributed by atoms with Gasteiger partial charge in [-0.3, -0.25) is 4.79 Å². The van der Waals surface area contributed by atoms with Crippen LogP contribution < -0.4 is 5.32 Å². The van der Waals surface area contributed by atoms with Gasteiger partial charge in [0.1, 0.15) is 5.82 Å². The zero-order chi connectivity index (χ0) is 11.6. The van der Waals surface area contributed by atoms with Crippen LogP contribution in [0.25, 0.3) is 0 Å². The maximum absolute atomic E-state index is 13.5. The summed E-state index contributed by atoms with van der Waals surface area (Å²) in [6.45, 7) is 5.39. The summed E-state index contributed by atoms with van der Waals surface area (Å²) in [4.78, 5) is 11.6. The Bertz CT molecular complexity index is 367. The SMILES string of the molecule is Cc1cc(Br)cc(F)c1C(=O)NC(C)C. The molecule has 0 atom stereocenters. The normalized spacial score (nSPS) is 10.5. The summed E-state index contributed by atoms with van der Waals surface area (Å²) in [6, 6.07) is 3.01. The molecule has 0 saturated heterocycles. The summed E-state index contributed by atoms with van der Waals surface area (Å²) < 4.78 is 14.2. The predicted molar refractivity (Wildman–Crippen MR) is 61.4 cm³/mol. The number of aryl methyl sites for hydroxylation is 1. The van der Waals surface area contributed by atoms with E-state index in [1.165, 1.54) is 6.07 Å². The van der Waals surface area contributed by atoms with E-state index in [0.717, 1.165) is 0 Å². The summed E-state index contributed by atoms with van der Waals surface area (Å²) in [5.74, 6) is -0.868. The molecule has 15 heavy (non-hydrogen) atoms. The Hall–Kier alpha value is -0.900. The van der Waals surface area contributed by atoms with Crippen LogP contribution in [0, 0.1) is 12.7 Å². The standard InChI is InChI=1S/C11H13BrFNO/c1-6(2)14-11(15)10-7(3)4-8(12)5-9(10)13/h4-6H,1-3H3,(H,14,15). The fourth-order valence-electron chi connectivity index (χ4n) is 1.32. The van der Waals surface area contributed by atoms with Crippen molar-refractivity contribution in [3.05, 3.63) is 33.5 Å². The number of nitrogens with one attached hydrogen (secondary N) is 1. The molecule has 4 heteroatoms. The Morgan fingerprint density at radius 3 is 2.53 bits per heavy atom. The van der Waals surface area contributed by atoms with Crippen LogP contribution in [-0.2, 0) is 0 Å². The van der Waals surface area contributed by atoms with Crippen LogP contribution in [-0.4, -0.2) is 11.9 Å². The Morgan fingerprint density at radius 1 is 1.47 bits per heavy atom. The second-order valence-electron chi connectivity index (χ2n) is 3.71. The van der Waals surface area contributed by atoms with E-state index in [0.29, 0.717) is 10.0 Å². The molecule has 0 spiro atoms. The van der Waals surface area contributed by atoms with Crippen LogP contribution in [0.15, 0.2) is 16.6 Å². The molecule has 0 bridgehead atoms. The number of carbonyl (C=O) groups excluding carboxylic acids is 1. The quantitative estimate of drug-likeness (QED) is 0.882. The van der Waals surface area contributed by atoms with Crippen molar-refractivity contribution in [3.8, 4) is 0 Å². The molecule has 0 aliphatic rings. The number of hydrogen-bond donors (Lipinski definition) is 1. The zero-order valence-corrected chi connectivity index (χ0v) is 10.5. The molecule has 1 amide bonds. The molecule has 1 aromatic rings. The summed E-state index contributed by atoms with van der Waals surface area (Å²) in [6.07, 6.45) is 0. The Kier molecular flexibility index (Phi) is 3.85. The van der Waals surface area contributed by atoms with Crippen molar-refractivity contribution in [2.24, 2.45) is 0 Å². The average Bonchev–Trinajstić information content (AvgIpc) is 1.99. The van der Waals surface area contributed by atoms with Gasteiger partial charge in [-0.1, -0.05) is 15.9 Å². The highest BCUT2D eigenvalue weighted by Crippen LogP contribution is 2.19. The van der Waals surface area contributed by atoms with Crippen molar-refractivity contribution in [2.75, 3.05) is 0 Å². The first-order valence-electron chi connectivity index (χ1n) is 4.68. The first kappa shape index (κ1) is 12.2. The van der Waals surface area contributed by atoms with E-state index in [-0.39, 0.29) is 17.5 Å². The third kappa shape index (κ3) is 3.02. The molecule has 0 aliphatic carbocycles. The predicted octanol–water partition coefficient (Wildman–Crippen LogP) is 3.03. The molecule has 0 aromatic heterocycles. The number of carbonyl (C=O) groups is 1. The fraction of sp³-hybridized carbons (Fsp3) is 0.364. The number of halogens is 2. The number of rotatable bonds is 2. The minimum absolute atomic E-state index is 0.0000492. The van der Waals surface area contributed by atoms with Crippen molar-refractivity contribution >= 4 is 21.8 Å². The molecule has 1 aromatic carbocycles. The van der Waals surface area contributed by atoms with E-state index in [1.54, 1.807) is 13.0 Å². The summed E-state index contributed by atoms with van der Waals surface area (Å²) in [7, 11) is 0. The average molecular weight is 274 g/mol. The lowest BCUT2D eigenvalue weighted by Crippen LogP contribution is -2.31. The minimum Gasteiger partial charge on any atom is -0.350 e. The number of hydrogen-bond acceptors (Lipinski definition) is 1. The molecule has 2 nitrogen and oxygen atoms in total. The Labute approximate surface area is 97.0 Å². The van der Waals surface area contributed by atoms with Gasteiger partial charge in [0.15, 0.2) is 0 Å². The van der Waals surface area contributed by atoms with Gasteiger partial charge in [-0.2, -0.15) is 0 Å². The van der Waals surface area contributed by atoms with Gasteiger partial charge in [-0.05, 0) is 38.5 Å². The van der Waals surface area contributed by atoms with Crippen molar-refractivity contribution in [2.45, 2.75) is 26.8 Å². The molecular formula is C11H13BrFNO. The van der Waals surface area contributed by atoms with Crippen LogP contribution in [0.2, 0.25) is 0 Å².